The Morgan fingerprint density at radius 2 is 2.12 bits per heavy atom. The van der Waals surface area contributed by atoms with E-state index in [2.05, 4.69) is 28.9 Å². The number of aliphatic hydroxyl groups is 1. The number of imidazole rings is 1. The average molecular weight is 224 g/mol. The highest BCUT2D eigenvalue weighted by Gasteiger charge is 2.31. The first-order chi connectivity index (χ1) is 7.59. The number of nitrogens with zero attached hydrogens (tertiary/aromatic N) is 4. The van der Waals surface area contributed by atoms with Crippen molar-refractivity contribution in [2.24, 2.45) is 7.05 Å². The number of piperazine rings is 1. The van der Waals surface area contributed by atoms with Crippen molar-refractivity contribution in [3.8, 4) is 0 Å². The van der Waals surface area contributed by atoms with Crippen LogP contribution in [0.1, 0.15) is 11.9 Å². The molecule has 0 spiro atoms. The summed E-state index contributed by atoms with van der Waals surface area (Å²) in [6.07, 6.45) is 3.07. The molecule has 1 aromatic rings. The SMILES string of the molecule is CN1CCN(C)C(C(O)c2nccn2C)C1. The second kappa shape index (κ2) is 4.53. The lowest BCUT2D eigenvalue weighted by atomic mass is 10.1. The van der Waals surface area contributed by atoms with E-state index in [1.807, 2.05) is 17.8 Å². The minimum Gasteiger partial charge on any atom is -0.383 e. The lowest BCUT2D eigenvalue weighted by Crippen LogP contribution is -2.52. The van der Waals surface area contributed by atoms with Gasteiger partial charge >= 0.3 is 0 Å². The van der Waals surface area contributed by atoms with Crippen LogP contribution in [0, 0.1) is 0 Å². The van der Waals surface area contributed by atoms with Crippen molar-refractivity contribution in [3.05, 3.63) is 18.2 Å². The number of rotatable bonds is 2. The molecule has 2 heterocycles. The van der Waals surface area contributed by atoms with E-state index in [1.54, 1.807) is 6.20 Å². The molecule has 2 atom stereocenters. The lowest BCUT2D eigenvalue weighted by Gasteiger charge is -2.39. The second-order valence-electron chi connectivity index (χ2n) is 4.65. The summed E-state index contributed by atoms with van der Waals surface area (Å²) in [5.41, 5.74) is 0. The fourth-order valence-electron chi connectivity index (χ4n) is 2.22. The highest BCUT2D eigenvalue weighted by atomic mass is 16.3. The Morgan fingerprint density at radius 3 is 2.75 bits per heavy atom. The number of likely N-dealkylation sites (N-methyl/N-ethyl adjacent to an activating group) is 2. The van der Waals surface area contributed by atoms with Crippen molar-refractivity contribution in [2.45, 2.75) is 12.1 Å². The van der Waals surface area contributed by atoms with Crippen molar-refractivity contribution >= 4 is 0 Å². The third-order valence-corrected chi connectivity index (χ3v) is 3.39. The molecule has 1 aromatic heterocycles. The highest BCUT2D eigenvalue weighted by Crippen LogP contribution is 2.21. The van der Waals surface area contributed by atoms with Gasteiger partial charge in [0, 0.05) is 39.1 Å². The van der Waals surface area contributed by atoms with Crippen LogP contribution in [0.25, 0.3) is 0 Å². The number of aliphatic hydroxyl groups excluding tert-OH is 1. The van der Waals surface area contributed by atoms with Crippen molar-refractivity contribution in [1.82, 2.24) is 19.4 Å². The predicted molar refractivity (Wildman–Crippen MR) is 62.1 cm³/mol. The molecule has 1 aliphatic rings. The smallest absolute Gasteiger partial charge is 0.139 e. The van der Waals surface area contributed by atoms with Gasteiger partial charge in [-0.3, -0.25) is 4.90 Å². The van der Waals surface area contributed by atoms with E-state index in [0.717, 1.165) is 25.5 Å². The molecule has 1 aliphatic heterocycles. The Morgan fingerprint density at radius 1 is 1.38 bits per heavy atom. The standard InChI is InChI=1S/C11H20N4O/c1-13-6-7-14(2)9(8-13)10(16)11-12-4-5-15(11)3/h4-5,9-10,16H,6-8H2,1-3H3. The average Bonchev–Trinajstić information content (AvgIpc) is 2.67. The molecule has 5 nitrogen and oxygen atoms in total. The van der Waals surface area contributed by atoms with E-state index in [4.69, 9.17) is 0 Å². The van der Waals surface area contributed by atoms with Crippen LogP contribution in [0.15, 0.2) is 12.4 Å². The van der Waals surface area contributed by atoms with Crippen LogP contribution in [0.4, 0.5) is 0 Å². The van der Waals surface area contributed by atoms with Gasteiger partial charge in [-0.05, 0) is 14.1 Å². The second-order valence-corrected chi connectivity index (χ2v) is 4.65. The van der Waals surface area contributed by atoms with Gasteiger partial charge in [0.05, 0.1) is 6.04 Å². The molecule has 1 N–H and O–H groups in total. The van der Waals surface area contributed by atoms with Crippen LogP contribution in [-0.4, -0.2) is 64.2 Å². The number of aryl methyl sites for hydroxylation is 1. The monoisotopic (exact) mass is 224 g/mol. The van der Waals surface area contributed by atoms with Crippen LogP contribution < -0.4 is 0 Å². The van der Waals surface area contributed by atoms with Crippen LogP contribution in [-0.2, 0) is 7.05 Å². The molecule has 90 valence electrons. The van der Waals surface area contributed by atoms with Gasteiger partial charge in [0.25, 0.3) is 0 Å². The van der Waals surface area contributed by atoms with Gasteiger partial charge in [-0.2, -0.15) is 0 Å². The summed E-state index contributed by atoms with van der Waals surface area (Å²) < 4.78 is 1.88. The van der Waals surface area contributed by atoms with Gasteiger partial charge in [-0.25, -0.2) is 4.98 Å². The topological polar surface area (TPSA) is 44.5 Å². The number of hydrogen-bond acceptors (Lipinski definition) is 4. The van der Waals surface area contributed by atoms with E-state index in [9.17, 15) is 5.11 Å². The highest BCUT2D eigenvalue weighted by molar-refractivity contribution is 5.01. The van der Waals surface area contributed by atoms with Crippen LogP contribution in [0.5, 0.6) is 0 Å². The maximum atomic E-state index is 10.4. The lowest BCUT2D eigenvalue weighted by molar-refractivity contribution is 0.00825. The maximum absolute atomic E-state index is 10.4. The zero-order valence-corrected chi connectivity index (χ0v) is 10.2. The van der Waals surface area contributed by atoms with E-state index in [0.29, 0.717) is 0 Å². The van der Waals surface area contributed by atoms with E-state index < -0.39 is 6.10 Å². The third kappa shape index (κ3) is 2.11. The van der Waals surface area contributed by atoms with Crippen LogP contribution >= 0.6 is 0 Å². The largest absolute Gasteiger partial charge is 0.383 e. The van der Waals surface area contributed by atoms with Gasteiger partial charge < -0.3 is 14.6 Å². The Bertz CT molecular complexity index is 352. The van der Waals surface area contributed by atoms with E-state index in [-0.39, 0.29) is 6.04 Å². The van der Waals surface area contributed by atoms with Crippen LogP contribution in [0.2, 0.25) is 0 Å². The molecule has 2 unspecified atom stereocenters. The van der Waals surface area contributed by atoms with Crippen molar-refractivity contribution in [2.75, 3.05) is 33.7 Å². The van der Waals surface area contributed by atoms with Crippen molar-refractivity contribution in [3.63, 3.8) is 0 Å². The maximum Gasteiger partial charge on any atom is 0.139 e. The zero-order chi connectivity index (χ0) is 11.7. The van der Waals surface area contributed by atoms with Gasteiger partial charge in [0.1, 0.15) is 11.9 Å². The Balaban J connectivity index is 2.14. The molecule has 0 aliphatic carbocycles. The summed E-state index contributed by atoms with van der Waals surface area (Å²) in [7, 11) is 6.06. The fourth-order valence-corrected chi connectivity index (χ4v) is 2.22. The molecule has 5 heteroatoms. The molecule has 1 fully saturated rings. The molecular weight excluding hydrogens is 204 g/mol. The first-order valence-electron chi connectivity index (χ1n) is 5.63. The molecule has 0 saturated carbocycles. The first kappa shape index (κ1) is 11.6. The molecule has 0 radical (unpaired) electrons. The third-order valence-electron chi connectivity index (χ3n) is 3.39. The summed E-state index contributed by atoms with van der Waals surface area (Å²) in [5, 5.41) is 10.4. The molecule has 16 heavy (non-hydrogen) atoms. The first-order valence-corrected chi connectivity index (χ1v) is 5.63. The Hall–Kier alpha value is -0.910. The summed E-state index contributed by atoms with van der Waals surface area (Å²) >= 11 is 0. The minimum atomic E-state index is -0.521. The molecule has 0 bridgehead atoms. The summed E-state index contributed by atoms with van der Waals surface area (Å²) in [6.45, 7) is 2.92. The van der Waals surface area contributed by atoms with Crippen LogP contribution in [0.3, 0.4) is 0 Å². The normalized spacial score (nSPS) is 25.9. The molecule has 1 saturated heterocycles. The molecule has 2 rings (SSSR count). The molecule has 0 aromatic carbocycles. The fraction of sp³-hybridized carbons (Fsp3) is 0.727. The van der Waals surface area contributed by atoms with E-state index >= 15 is 0 Å². The Labute approximate surface area is 96.3 Å². The quantitative estimate of drug-likeness (QED) is 0.749. The van der Waals surface area contributed by atoms with Crippen molar-refractivity contribution < 1.29 is 5.11 Å². The Kier molecular flexibility index (Phi) is 3.28. The summed E-state index contributed by atoms with van der Waals surface area (Å²) in [5.74, 6) is 0.743. The van der Waals surface area contributed by atoms with E-state index in [1.165, 1.54) is 0 Å². The van der Waals surface area contributed by atoms with Gasteiger partial charge in [-0.1, -0.05) is 0 Å². The number of hydrogen-bond donors (Lipinski definition) is 1. The van der Waals surface area contributed by atoms with Crippen molar-refractivity contribution in [1.29, 1.82) is 0 Å². The van der Waals surface area contributed by atoms with Gasteiger partial charge in [0.15, 0.2) is 0 Å². The molecular formula is C11H20N4O. The summed E-state index contributed by atoms with van der Waals surface area (Å²) in [6, 6.07) is 0.125. The zero-order valence-electron chi connectivity index (χ0n) is 10.2. The van der Waals surface area contributed by atoms with Gasteiger partial charge in [0.2, 0.25) is 0 Å². The summed E-state index contributed by atoms with van der Waals surface area (Å²) in [4.78, 5) is 8.67. The predicted octanol–water partition coefficient (Wildman–Crippen LogP) is -0.301. The molecule has 0 amide bonds. The minimum absolute atomic E-state index is 0.125. The number of aromatic nitrogens is 2. The van der Waals surface area contributed by atoms with Gasteiger partial charge in [-0.15, -0.1) is 0 Å².